The minimum Gasteiger partial charge on any atom is -0.384 e. The third-order valence-corrected chi connectivity index (χ3v) is 32.3. The summed E-state index contributed by atoms with van der Waals surface area (Å²) in [4.78, 5) is 22.2. The van der Waals surface area contributed by atoms with E-state index in [-0.39, 0.29) is 0 Å². The van der Waals surface area contributed by atoms with E-state index in [9.17, 15) is 0 Å². The highest BCUT2D eigenvalue weighted by molar-refractivity contribution is 7.76. The van der Waals surface area contributed by atoms with Gasteiger partial charge in [0.25, 0.3) is 0 Å². The highest BCUT2D eigenvalue weighted by Crippen LogP contribution is 2.44. The SMILES string of the molecule is CCN(C)c1c(CCCC(C)(C)C)c(=S)c1=S.CCN(C)c1c(N(C)CCC(C)(C)C)c(=S)c1=S.CCN(CC)c1c(CCCC(C)(C)C)c(=S)c1=S.CCN(CC)c1c(N(C)CCC(C)(C)C)c(=S)c1=S.CCNc1c(CCCC(C)(C)C)c(=S)c1=S.CCNc1c(N(C)CCC(C)(C)C)c(=S)c1=S.CN(C)c1c(CCCC(C)(C)C)c(=S)c1=S.CN(C)c1c(N(C)CCC(C)(C)C)c(=S)c1=S. The molecule has 0 fully saturated rings. The lowest BCUT2D eigenvalue weighted by Gasteiger charge is -2.33. The Hall–Kier alpha value is -3.04. The summed E-state index contributed by atoms with van der Waals surface area (Å²) < 4.78 is 14.1. The van der Waals surface area contributed by atoms with Gasteiger partial charge >= 0.3 is 0 Å². The first-order valence-electron chi connectivity index (χ1n) is 50.2. The van der Waals surface area contributed by atoms with Crippen LogP contribution in [0, 0.1) is 115 Å². The van der Waals surface area contributed by atoms with Gasteiger partial charge in [0, 0.05) is 149 Å². The molecule has 0 heterocycles. The smallest absolute Gasteiger partial charge is 0.0835 e. The first-order chi connectivity index (χ1) is 63.0. The normalized spacial score (nSPS) is 12.0. The van der Waals surface area contributed by atoms with Crippen molar-refractivity contribution < 1.29 is 0 Å². The Morgan fingerprint density at radius 1 is 0.188 bits per heavy atom. The van der Waals surface area contributed by atoms with E-state index in [0.29, 0.717) is 43.3 Å². The van der Waals surface area contributed by atoms with Crippen LogP contribution in [0.5, 0.6) is 0 Å². The zero-order valence-electron chi connectivity index (χ0n) is 93.8. The number of nitrogens with zero attached hydrogens (tertiary/aromatic N) is 10. The molecule has 0 amide bonds. The van der Waals surface area contributed by atoms with Gasteiger partial charge in [0.05, 0.1) is 140 Å². The molecule has 0 saturated carbocycles. The first-order valence-corrected chi connectivity index (χ1v) is 56.8. The minimum atomic E-state index is 0.343. The summed E-state index contributed by atoms with van der Waals surface area (Å²) in [5.41, 5.74) is 22.1. The summed E-state index contributed by atoms with van der Waals surface area (Å²) in [7, 11) is 20.7. The molecule has 12 nitrogen and oxygen atoms in total. The maximum absolute atomic E-state index is 5.44. The Morgan fingerprint density at radius 3 is 0.688 bits per heavy atom. The largest absolute Gasteiger partial charge is 0.384 e. The molecule has 0 aliphatic heterocycles. The number of hydrogen-bond donors (Lipinski definition) is 2. The van der Waals surface area contributed by atoms with Gasteiger partial charge in [-0.25, -0.2) is 0 Å². The fourth-order valence-corrected chi connectivity index (χ4v) is 21.0. The van der Waals surface area contributed by atoms with Crippen LogP contribution in [0.1, 0.15) is 321 Å². The first kappa shape index (κ1) is 133. The quantitative estimate of drug-likeness (QED) is 0.0358. The fraction of sp³-hybridized carbons (Fsp3) is 0.709. The van der Waals surface area contributed by atoms with Gasteiger partial charge in [-0.2, -0.15) is 0 Å². The van der Waals surface area contributed by atoms with Crippen molar-refractivity contribution in [3.8, 4) is 0 Å². The Balaban J connectivity index is 0.000000789. The van der Waals surface area contributed by atoms with Crippen LogP contribution < -0.4 is 59.6 Å². The van der Waals surface area contributed by atoms with Gasteiger partial charge in [0.2, 0.25) is 0 Å². The van der Waals surface area contributed by atoms with Gasteiger partial charge in [-0.05, 0) is 224 Å². The molecule has 0 unspecified atom stereocenters. The van der Waals surface area contributed by atoms with Crippen molar-refractivity contribution in [1.29, 1.82) is 0 Å². The topological polar surface area (TPSA) is 56.5 Å². The van der Waals surface area contributed by atoms with Crippen LogP contribution in [0.2, 0.25) is 0 Å². The summed E-state index contributed by atoms with van der Waals surface area (Å²) in [6, 6.07) is 0. The molecule has 8 aromatic rings. The third kappa shape index (κ3) is 41.9. The number of nitrogens with one attached hydrogen (secondary N) is 2. The summed E-state index contributed by atoms with van der Waals surface area (Å²) in [5, 5.41) is 6.61. The molecule has 0 aliphatic rings. The Bertz CT molecular complexity index is 5750. The predicted molar refractivity (Wildman–Crippen MR) is 665 cm³/mol. The van der Waals surface area contributed by atoms with Crippen LogP contribution in [0.15, 0.2) is 0 Å². The van der Waals surface area contributed by atoms with Crippen LogP contribution in [0.25, 0.3) is 0 Å². The summed E-state index contributed by atoms with van der Waals surface area (Å²) in [5.74, 6) is 0. The standard InChI is InChI=1S/C15H26N2S2.C15H25NS2.C14H24N2S2.C14H23NS2.2C13H22N2S2.2C13H21NS2/c1-7-17(8-2)12-11(13(18)14(12)19)16(6)10-9-15(3,4)5;1-6-16(7-2)12-11(13(17)14(12)18)9-8-10-15(3,4)5;1-7-15(5)10-11(13(18)12(10)17)16(6)9-8-14(2,3)4;1-6-15(5)11-10(12(16)13(11)17)8-7-9-14(2,3)4;1-13(2,3)7-8-15(6)10-9(14(4)5)11(16)12(10)17;1-6-14-9-10(12(17)11(9)16)15(5)8-7-13(2,3)4;1-13(2,3)8-6-7-9-10(14(4)5)12(16)11(9)15;1-5-14-10-9(11(15)12(10)16)7-6-8-13(2,3)4/h7-10H2,1-6H3;6-10H2,1-5H3;7-9H2,1-6H3;6-9H2,1-5H3;7-8H2,1-6H3;14H,6-8H2,1-5H3;6-8H2,1-5H3;14H,5-8H2,1-4H3. The van der Waals surface area contributed by atoms with E-state index in [1.54, 1.807) is 0 Å². The van der Waals surface area contributed by atoms with Crippen molar-refractivity contribution in [2.24, 2.45) is 43.3 Å². The second-order valence-corrected chi connectivity index (χ2v) is 53.8. The fourth-order valence-electron chi connectivity index (χ4n) is 15.6. The number of hydrogen-bond acceptors (Lipinski definition) is 28. The number of rotatable bonds is 40. The van der Waals surface area contributed by atoms with Crippen LogP contribution in [0.4, 0.5) is 68.2 Å². The van der Waals surface area contributed by atoms with Gasteiger partial charge < -0.3 is 59.6 Å². The molecule has 28 heteroatoms. The molecule has 0 aliphatic carbocycles. The van der Waals surface area contributed by atoms with Crippen molar-refractivity contribution >= 4 is 264 Å². The van der Waals surface area contributed by atoms with Crippen molar-refractivity contribution in [2.75, 3.05) is 209 Å². The van der Waals surface area contributed by atoms with Crippen LogP contribution in [0.3, 0.4) is 0 Å². The van der Waals surface area contributed by atoms with Crippen molar-refractivity contribution in [3.05, 3.63) is 94.4 Å². The molecular formula is C110H184N12S16. The molecule has 0 saturated heterocycles. The van der Waals surface area contributed by atoms with Gasteiger partial charge in [-0.1, -0.05) is 362 Å². The van der Waals surface area contributed by atoms with Crippen molar-refractivity contribution in [3.63, 3.8) is 0 Å². The average Bonchev–Trinajstić information content (AvgIpc) is 0.752. The molecule has 0 bridgehead atoms. The van der Waals surface area contributed by atoms with E-state index >= 15 is 0 Å². The van der Waals surface area contributed by atoms with Gasteiger partial charge in [-0.3, -0.25) is 0 Å². The molecule has 138 heavy (non-hydrogen) atoms. The summed E-state index contributed by atoms with van der Waals surface area (Å²) in [6.07, 6.45) is 18.6. The van der Waals surface area contributed by atoms with E-state index in [2.05, 4.69) is 323 Å². The second-order valence-electron chi connectivity index (χ2n) is 47.2. The van der Waals surface area contributed by atoms with E-state index in [1.807, 2.05) is 28.2 Å². The maximum Gasteiger partial charge on any atom is 0.0835 e. The third-order valence-electron chi connectivity index (χ3n) is 24.6. The molecule has 2 N–H and O–H groups in total. The lowest BCUT2D eigenvalue weighted by atomic mass is 9.88. The van der Waals surface area contributed by atoms with E-state index in [1.165, 1.54) is 102 Å². The summed E-state index contributed by atoms with van der Waals surface area (Å²) in [6.45, 7) is 83.4. The zero-order valence-corrected chi connectivity index (χ0v) is 107. The lowest BCUT2D eigenvalue weighted by Crippen LogP contribution is -2.30. The van der Waals surface area contributed by atoms with Crippen LogP contribution in [-0.2, 0) is 25.7 Å². The Morgan fingerprint density at radius 2 is 0.391 bits per heavy atom. The molecular weight excluding hydrogens is 2000 g/mol. The van der Waals surface area contributed by atoms with Crippen LogP contribution >= 0.6 is 195 Å². The van der Waals surface area contributed by atoms with E-state index in [0.717, 1.165) is 242 Å². The zero-order chi connectivity index (χ0) is 107. The van der Waals surface area contributed by atoms with E-state index in [4.69, 9.17) is 195 Å². The average molecular weight is 2190 g/mol. The minimum absolute atomic E-state index is 0.343. The van der Waals surface area contributed by atoms with Crippen molar-refractivity contribution in [2.45, 2.75) is 324 Å². The Labute approximate surface area is 925 Å². The maximum atomic E-state index is 5.44. The van der Waals surface area contributed by atoms with E-state index < -0.39 is 0 Å². The highest BCUT2D eigenvalue weighted by atomic mass is 32.1. The molecule has 0 radical (unpaired) electrons. The lowest BCUT2D eigenvalue weighted by molar-refractivity contribution is 0.365. The predicted octanol–water partition coefficient (Wildman–Crippen LogP) is 36.7. The number of anilines is 12. The molecule has 780 valence electrons. The second kappa shape index (κ2) is 58.6. The molecule has 0 aromatic heterocycles. The molecule has 0 spiro atoms. The van der Waals surface area contributed by atoms with Gasteiger partial charge in [0.1, 0.15) is 0 Å². The van der Waals surface area contributed by atoms with Crippen molar-refractivity contribution in [1.82, 2.24) is 0 Å². The molecule has 8 aromatic carbocycles. The molecule has 0 atom stereocenters. The highest BCUT2D eigenvalue weighted by Gasteiger charge is 2.29. The molecule has 8 rings (SSSR count). The monoisotopic (exact) mass is 2190 g/mol. The van der Waals surface area contributed by atoms with Gasteiger partial charge in [-0.15, -0.1) is 0 Å². The Kier molecular flexibility index (Phi) is 56.5. The van der Waals surface area contributed by atoms with Crippen LogP contribution in [-0.4, -0.2) is 149 Å². The van der Waals surface area contributed by atoms with Gasteiger partial charge in [0.15, 0.2) is 0 Å². The summed E-state index contributed by atoms with van der Waals surface area (Å²) >= 11 is 85.4.